The molecule has 0 bridgehead atoms. The van der Waals surface area contributed by atoms with Crippen LogP contribution in [0.2, 0.25) is 5.02 Å². The van der Waals surface area contributed by atoms with Crippen molar-refractivity contribution in [2.75, 3.05) is 4.72 Å². The molecule has 0 radical (unpaired) electrons. The van der Waals surface area contributed by atoms with Gasteiger partial charge in [-0.3, -0.25) is 14.8 Å². The lowest BCUT2D eigenvalue weighted by Gasteiger charge is -2.10. The Kier molecular flexibility index (Phi) is 4.10. The average Bonchev–Trinajstić information content (AvgIpc) is 2.40. The minimum Gasteiger partial charge on any atom is -0.262 e. The van der Waals surface area contributed by atoms with Gasteiger partial charge in [-0.05, 0) is 24.6 Å². The van der Waals surface area contributed by atoms with Crippen LogP contribution >= 0.6 is 11.6 Å². The van der Waals surface area contributed by atoms with Gasteiger partial charge < -0.3 is 0 Å². The van der Waals surface area contributed by atoms with Crippen LogP contribution in [0.5, 0.6) is 0 Å². The fraction of sp³-hybridized carbons (Fsp3) is 0.0833. The lowest BCUT2D eigenvalue weighted by molar-refractivity contribution is -0.387. The highest BCUT2D eigenvalue weighted by Gasteiger charge is 2.28. The molecule has 2 rings (SSSR count). The van der Waals surface area contributed by atoms with Gasteiger partial charge in [0.15, 0.2) is 10.7 Å². The number of anilines is 1. The molecule has 0 aliphatic heterocycles. The number of nitrogens with zero attached hydrogens (tertiary/aromatic N) is 2. The van der Waals surface area contributed by atoms with E-state index in [0.29, 0.717) is 0 Å². The highest BCUT2D eigenvalue weighted by atomic mass is 35.5. The van der Waals surface area contributed by atoms with E-state index in [9.17, 15) is 18.5 Å². The van der Waals surface area contributed by atoms with E-state index in [0.717, 1.165) is 6.07 Å². The van der Waals surface area contributed by atoms with E-state index in [1.54, 1.807) is 0 Å². The minimum atomic E-state index is -4.18. The topological polar surface area (TPSA) is 102 Å². The quantitative estimate of drug-likeness (QED) is 0.687. The highest BCUT2D eigenvalue weighted by molar-refractivity contribution is 7.93. The second kappa shape index (κ2) is 5.66. The standard InChI is InChI=1S/C12H10ClN3O4S/c1-8-4-2-6-10(16(17)18)11(8)21(19,20)15-12-9(13)5-3-7-14-12/h2-7H,1H3,(H,14,15). The normalized spacial score (nSPS) is 11.1. The van der Waals surface area contributed by atoms with Gasteiger partial charge in [-0.1, -0.05) is 23.7 Å². The van der Waals surface area contributed by atoms with Gasteiger partial charge in [0.25, 0.3) is 15.7 Å². The minimum absolute atomic E-state index is 0.0864. The molecule has 0 aliphatic rings. The molecular weight excluding hydrogens is 318 g/mol. The third-order valence-electron chi connectivity index (χ3n) is 2.65. The molecule has 0 aliphatic carbocycles. The number of pyridine rings is 1. The molecule has 110 valence electrons. The van der Waals surface area contributed by atoms with Gasteiger partial charge in [-0.15, -0.1) is 0 Å². The summed E-state index contributed by atoms with van der Waals surface area (Å²) in [6, 6.07) is 7.01. The second-order valence-corrected chi connectivity index (χ2v) is 6.15. The number of nitrogens with one attached hydrogen (secondary N) is 1. The Morgan fingerprint density at radius 3 is 2.62 bits per heavy atom. The molecule has 0 amide bonds. The zero-order valence-corrected chi connectivity index (χ0v) is 12.4. The average molecular weight is 328 g/mol. The van der Waals surface area contributed by atoms with Crippen molar-refractivity contribution in [3.8, 4) is 0 Å². The maximum Gasteiger partial charge on any atom is 0.290 e. The molecule has 1 N–H and O–H groups in total. The predicted octanol–water partition coefficient (Wildman–Crippen LogP) is 2.75. The van der Waals surface area contributed by atoms with Crippen molar-refractivity contribution in [2.24, 2.45) is 0 Å². The molecule has 0 saturated carbocycles. The Labute approximate surface area is 125 Å². The van der Waals surface area contributed by atoms with E-state index in [-0.39, 0.29) is 16.4 Å². The third kappa shape index (κ3) is 3.11. The number of aryl methyl sites for hydroxylation is 1. The van der Waals surface area contributed by atoms with Crippen LogP contribution in [0.15, 0.2) is 41.4 Å². The molecule has 0 fully saturated rings. The van der Waals surface area contributed by atoms with Gasteiger partial charge in [-0.25, -0.2) is 13.4 Å². The number of nitro benzene ring substituents is 1. The largest absolute Gasteiger partial charge is 0.290 e. The summed E-state index contributed by atoms with van der Waals surface area (Å²) >= 11 is 5.84. The number of sulfonamides is 1. The van der Waals surface area contributed by atoms with E-state index in [1.807, 2.05) is 0 Å². The third-order valence-corrected chi connectivity index (χ3v) is 4.48. The summed E-state index contributed by atoms with van der Waals surface area (Å²) in [6.07, 6.45) is 1.36. The van der Waals surface area contributed by atoms with Gasteiger partial charge in [0.1, 0.15) is 0 Å². The Balaban J connectivity index is 2.56. The van der Waals surface area contributed by atoms with Crippen molar-refractivity contribution in [3.63, 3.8) is 0 Å². The molecular formula is C12H10ClN3O4S. The van der Waals surface area contributed by atoms with E-state index in [4.69, 9.17) is 11.6 Å². The Morgan fingerprint density at radius 1 is 1.29 bits per heavy atom. The molecule has 9 heteroatoms. The summed E-state index contributed by atoms with van der Waals surface area (Å²) in [7, 11) is -4.18. The molecule has 1 heterocycles. The zero-order valence-electron chi connectivity index (χ0n) is 10.8. The van der Waals surface area contributed by atoms with Crippen molar-refractivity contribution in [3.05, 3.63) is 57.2 Å². The van der Waals surface area contributed by atoms with Gasteiger partial charge >= 0.3 is 0 Å². The smallest absolute Gasteiger partial charge is 0.262 e. The van der Waals surface area contributed by atoms with Gasteiger partial charge in [0, 0.05) is 12.3 Å². The number of aromatic nitrogens is 1. The van der Waals surface area contributed by atoms with E-state index in [1.165, 1.54) is 37.4 Å². The first-order chi connectivity index (χ1) is 9.83. The summed E-state index contributed by atoms with van der Waals surface area (Å²) in [5.74, 6) is -0.0864. The molecule has 0 unspecified atom stereocenters. The number of hydrogen-bond donors (Lipinski definition) is 1. The van der Waals surface area contributed by atoms with E-state index >= 15 is 0 Å². The zero-order chi connectivity index (χ0) is 15.6. The maximum absolute atomic E-state index is 12.4. The van der Waals surface area contributed by atoms with Crippen LogP contribution in [-0.2, 0) is 10.0 Å². The lowest BCUT2D eigenvalue weighted by atomic mass is 10.2. The predicted molar refractivity (Wildman–Crippen MR) is 77.9 cm³/mol. The lowest BCUT2D eigenvalue weighted by Crippen LogP contribution is -2.17. The first kappa shape index (κ1) is 15.2. The van der Waals surface area contributed by atoms with Crippen LogP contribution in [0.25, 0.3) is 0 Å². The van der Waals surface area contributed by atoms with Crippen molar-refractivity contribution < 1.29 is 13.3 Å². The van der Waals surface area contributed by atoms with Gasteiger partial charge in [-0.2, -0.15) is 0 Å². The van der Waals surface area contributed by atoms with Crippen LogP contribution in [-0.4, -0.2) is 18.3 Å². The fourth-order valence-electron chi connectivity index (χ4n) is 1.77. The Hall–Kier alpha value is -2.19. The highest BCUT2D eigenvalue weighted by Crippen LogP contribution is 2.29. The summed E-state index contributed by atoms with van der Waals surface area (Å²) in [5, 5.41) is 11.1. The SMILES string of the molecule is Cc1cccc([N+](=O)[O-])c1S(=O)(=O)Nc1ncccc1Cl. The molecule has 1 aromatic carbocycles. The number of hydrogen-bond acceptors (Lipinski definition) is 5. The molecule has 7 nitrogen and oxygen atoms in total. The van der Waals surface area contributed by atoms with Crippen LogP contribution in [0.1, 0.15) is 5.56 Å². The fourth-order valence-corrected chi connectivity index (χ4v) is 3.42. The first-order valence-electron chi connectivity index (χ1n) is 5.70. The van der Waals surface area contributed by atoms with E-state index in [2.05, 4.69) is 9.71 Å². The van der Waals surface area contributed by atoms with Gasteiger partial charge in [0.2, 0.25) is 0 Å². The van der Waals surface area contributed by atoms with E-state index < -0.39 is 25.5 Å². The van der Waals surface area contributed by atoms with Crippen molar-refractivity contribution in [2.45, 2.75) is 11.8 Å². The number of nitro groups is 1. The van der Waals surface area contributed by atoms with Crippen LogP contribution in [0.4, 0.5) is 11.5 Å². The molecule has 0 atom stereocenters. The van der Waals surface area contributed by atoms with Gasteiger partial charge in [0.05, 0.1) is 9.95 Å². The molecule has 2 aromatic rings. The monoisotopic (exact) mass is 327 g/mol. The first-order valence-corrected chi connectivity index (χ1v) is 7.56. The van der Waals surface area contributed by atoms with Crippen molar-refractivity contribution in [1.82, 2.24) is 4.98 Å². The number of halogens is 1. The maximum atomic E-state index is 12.4. The molecule has 21 heavy (non-hydrogen) atoms. The summed E-state index contributed by atoms with van der Waals surface area (Å²) in [5.41, 5.74) is -0.252. The molecule has 0 saturated heterocycles. The van der Waals surface area contributed by atoms with Crippen molar-refractivity contribution >= 4 is 33.1 Å². The second-order valence-electron chi connectivity index (χ2n) is 4.12. The summed E-state index contributed by atoms with van der Waals surface area (Å²) in [6.45, 7) is 1.47. The number of benzene rings is 1. The summed E-state index contributed by atoms with van der Waals surface area (Å²) < 4.78 is 26.9. The van der Waals surface area contributed by atoms with Crippen LogP contribution < -0.4 is 4.72 Å². The Morgan fingerprint density at radius 2 is 2.00 bits per heavy atom. The molecule has 1 aromatic heterocycles. The Bertz CT molecular complexity index is 808. The van der Waals surface area contributed by atoms with Crippen LogP contribution in [0.3, 0.4) is 0 Å². The number of rotatable bonds is 4. The summed E-state index contributed by atoms with van der Waals surface area (Å²) in [4.78, 5) is 13.7. The molecule has 0 spiro atoms. The van der Waals surface area contributed by atoms with Crippen molar-refractivity contribution in [1.29, 1.82) is 0 Å². The van der Waals surface area contributed by atoms with Crippen LogP contribution in [0, 0.1) is 17.0 Å².